The predicted octanol–water partition coefficient (Wildman–Crippen LogP) is 5.51. The highest BCUT2D eigenvalue weighted by Crippen LogP contribution is 2.40. The first-order valence-electron chi connectivity index (χ1n) is 11.4. The van der Waals surface area contributed by atoms with Crippen LogP contribution < -0.4 is 18.9 Å². The Hall–Kier alpha value is -2.62. The summed E-state index contributed by atoms with van der Waals surface area (Å²) < 4.78 is 21.6. The molecule has 0 unspecified atom stereocenters. The van der Waals surface area contributed by atoms with Crippen LogP contribution >= 0.6 is 12.4 Å². The maximum Gasteiger partial charge on any atom is 0.161 e. The van der Waals surface area contributed by atoms with E-state index in [0.717, 1.165) is 49.4 Å². The van der Waals surface area contributed by atoms with E-state index in [-0.39, 0.29) is 18.3 Å². The van der Waals surface area contributed by atoms with Gasteiger partial charge in [0.2, 0.25) is 0 Å². The lowest BCUT2D eigenvalue weighted by Gasteiger charge is -2.32. The smallest absolute Gasteiger partial charge is 0.161 e. The molecule has 0 fully saturated rings. The maximum atomic E-state index is 10.2. The molecule has 0 spiro atoms. The van der Waals surface area contributed by atoms with E-state index < -0.39 is 5.41 Å². The molecule has 0 aliphatic rings. The molecule has 0 saturated heterocycles. The number of rotatable bonds is 13. The Labute approximate surface area is 211 Å². The molecular weight excluding hydrogens is 452 g/mol. The van der Waals surface area contributed by atoms with Crippen molar-refractivity contribution in [1.29, 1.82) is 5.26 Å². The van der Waals surface area contributed by atoms with Gasteiger partial charge in [0, 0.05) is 6.54 Å². The van der Waals surface area contributed by atoms with Gasteiger partial charge in [0.25, 0.3) is 0 Å². The lowest BCUT2D eigenvalue weighted by Crippen LogP contribution is -2.32. The highest BCUT2D eigenvalue weighted by Gasteiger charge is 2.36. The van der Waals surface area contributed by atoms with Crippen LogP contribution in [0.3, 0.4) is 0 Å². The molecule has 0 bridgehead atoms. The number of methoxy groups -OCH3 is 4. The van der Waals surface area contributed by atoms with Crippen molar-refractivity contribution in [3.8, 4) is 29.1 Å². The number of halogens is 1. The van der Waals surface area contributed by atoms with Gasteiger partial charge in [-0.25, -0.2) is 0 Å². The summed E-state index contributed by atoms with van der Waals surface area (Å²) in [6.45, 7) is 6.06. The molecule has 0 aromatic heterocycles. The van der Waals surface area contributed by atoms with E-state index in [0.29, 0.717) is 11.5 Å². The van der Waals surface area contributed by atoms with E-state index in [1.54, 1.807) is 28.4 Å². The number of likely N-dealkylation sites (N-methyl/N-ethyl adjacent to an activating group) is 1. The van der Waals surface area contributed by atoms with Crippen LogP contribution in [0.15, 0.2) is 36.4 Å². The molecule has 34 heavy (non-hydrogen) atoms. The third kappa shape index (κ3) is 6.94. The van der Waals surface area contributed by atoms with Crippen molar-refractivity contribution < 1.29 is 18.9 Å². The summed E-state index contributed by atoms with van der Waals surface area (Å²) in [6.07, 6.45) is 2.61. The van der Waals surface area contributed by atoms with Gasteiger partial charge >= 0.3 is 0 Å². The third-order valence-electron chi connectivity index (χ3n) is 6.42. The molecule has 0 saturated carbocycles. The molecule has 2 aromatic rings. The molecule has 7 heteroatoms. The molecule has 2 rings (SSSR count). The summed E-state index contributed by atoms with van der Waals surface area (Å²) in [5.74, 6) is 2.99. The lowest BCUT2D eigenvalue weighted by molar-refractivity contribution is 0.292. The van der Waals surface area contributed by atoms with Crippen molar-refractivity contribution in [2.75, 3.05) is 48.6 Å². The van der Waals surface area contributed by atoms with Crippen molar-refractivity contribution in [3.05, 3.63) is 47.5 Å². The van der Waals surface area contributed by atoms with Gasteiger partial charge in [0.1, 0.15) is 0 Å². The van der Waals surface area contributed by atoms with Gasteiger partial charge in [0.05, 0.1) is 39.9 Å². The zero-order chi connectivity index (χ0) is 24.4. The van der Waals surface area contributed by atoms with E-state index >= 15 is 0 Å². The van der Waals surface area contributed by atoms with Crippen LogP contribution in [-0.4, -0.2) is 53.5 Å². The Morgan fingerprint density at radius 1 is 0.853 bits per heavy atom. The van der Waals surface area contributed by atoms with Crippen molar-refractivity contribution in [2.24, 2.45) is 5.92 Å². The summed E-state index contributed by atoms with van der Waals surface area (Å²) in [5.41, 5.74) is 1.60. The fourth-order valence-electron chi connectivity index (χ4n) is 4.23. The lowest BCUT2D eigenvalue weighted by atomic mass is 9.69. The van der Waals surface area contributed by atoms with Gasteiger partial charge in [-0.15, -0.1) is 12.4 Å². The Balaban J connectivity index is 0.00000578. The van der Waals surface area contributed by atoms with Crippen LogP contribution in [0.25, 0.3) is 0 Å². The van der Waals surface area contributed by atoms with Gasteiger partial charge in [-0.05, 0) is 74.2 Å². The average Bonchev–Trinajstić information content (AvgIpc) is 2.84. The maximum absolute atomic E-state index is 10.2. The molecule has 188 valence electrons. The molecular formula is C27H39ClN2O4. The van der Waals surface area contributed by atoms with Crippen molar-refractivity contribution in [1.82, 2.24) is 4.90 Å². The van der Waals surface area contributed by atoms with E-state index in [2.05, 4.69) is 37.9 Å². The van der Waals surface area contributed by atoms with Crippen LogP contribution in [0.5, 0.6) is 23.0 Å². The van der Waals surface area contributed by atoms with Gasteiger partial charge in [-0.2, -0.15) is 5.26 Å². The average molecular weight is 491 g/mol. The van der Waals surface area contributed by atoms with Crippen LogP contribution in [0.2, 0.25) is 0 Å². The number of hydrogen-bond donors (Lipinski definition) is 0. The first-order chi connectivity index (χ1) is 15.8. The van der Waals surface area contributed by atoms with Crippen LogP contribution in [-0.2, 0) is 11.8 Å². The Bertz CT molecular complexity index is 945. The van der Waals surface area contributed by atoms with E-state index in [4.69, 9.17) is 18.9 Å². The number of benzene rings is 2. The summed E-state index contributed by atoms with van der Waals surface area (Å²) in [4.78, 5) is 2.31. The second kappa shape index (κ2) is 13.9. The highest BCUT2D eigenvalue weighted by atomic mass is 35.5. The molecule has 0 aliphatic heterocycles. The first kappa shape index (κ1) is 29.4. The minimum Gasteiger partial charge on any atom is -0.493 e. The topological polar surface area (TPSA) is 64.0 Å². The predicted molar refractivity (Wildman–Crippen MR) is 139 cm³/mol. The third-order valence-corrected chi connectivity index (χ3v) is 6.42. The summed E-state index contributed by atoms with van der Waals surface area (Å²) in [5, 5.41) is 10.2. The number of nitriles is 1. The number of ether oxygens (including phenoxy) is 4. The standard InChI is InChI=1S/C27H38N2O4.ClH/c1-20(2)27(19-28,22-10-12-24(31-5)26(18-22)33-7)14-8-15-29(3)16-13-21-9-11-23(30-4)25(17-21)32-6;/h9-12,17-18,20H,8,13-16H2,1-7H3;1H/t27-;/m0./s1. The number of hydrogen-bond acceptors (Lipinski definition) is 6. The summed E-state index contributed by atoms with van der Waals surface area (Å²) in [7, 11) is 8.67. The minimum absolute atomic E-state index is 0. The van der Waals surface area contributed by atoms with Gasteiger partial charge < -0.3 is 23.8 Å². The fraction of sp³-hybridized carbons (Fsp3) is 0.519. The quantitative estimate of drug-likeness (QED) is 0.368. The minimum atomic E-state index is -0.580. The monoisotopic (exact) mass is 490 g/mol. The van der Waals surface area contributed by atoms with Crippen LogP contribution in [0.1, 0.15) is 37.8 Å². The van der Waals surface area contributed by atoms with E-state index in [1.165, 1.54) is 5.56 Å². The Morgan fingerprint density at radius 2 is 1.41 bits per heavy atom. The molecule has 1 atom stereocenters. The second-order valence-corrected chi connectivity index (χ2v) is 8.65. The fourth-order valence-corrected chi connectivity index (χ4v) is 4.23. The number of nitrogens with zero attached hydrogens (tertiary/aromatic N) is 2. The zero-order valence-electron chi connectivity index (χ0n) is 21.5. The SMILES string of the molecule is COc1ccc(CCN(C)CCC[C@@](C#N)(c2ccc(OC)c(OC)c2)C(C)C)cc1OC.Cl. The molecule has 0 heterocycles. The van der Waals surface area contributed by atoms with Crippen molar-refractivity contribution in [3.63, 3.8) is 0 Å². The Kier molecular flexibility index (Phi) is 12.1. The summed E-state index contributed by atoms with van der Waals surface area (Å²) >= 11 is 0. The normalized spacial score (nSPS) is 12.5. The first-order valence-corrected chi connectivity index (χ1v) is 11.4. The highest BCUT2D eigenvalue weighted by molar-refractivity contribution is 5.85. The molecule has 0 N–H and O–H groups in total. The van der Waals surface area contributed by atoms with Crippen molar-refractivity contribution in [2.45, 2.75) is 38.5 Å². The van der Waals surface area contributed by atoms with E-state index in [1.807, 2.05) is 30.3 Å². The van der Waals surface area contributed by atoms with Gasteiger partial charge in [-0.3, -0.25) is 0 Å². The largest absolute Gasteiger partial charge is 0.493 e. The Morgan fingerprint density at radius 3 is 1.94 bits per heavy atom. The van der Waals surface area contributed by atoms with E-state index in [9.17, 15) is 5.26 Å². The van der Waals surface area contributed by atoms with Crippen LogP contribution in [0, 0.1) is 17.2 Å². The van der Waals surface area contributed by atoms with Crippen LogP contribution in [0.4, 0.5) is 0 Å². The molecule has 0 aliphatic carbocycles. The van der Waals surface area contributed by atoms with Gasteiger partial charge in [-0.1, -0.05) is 26.0 Å². The molecule has 2 aromatic carbocycles. The zero-order valence-corrected chi connectivity index (χ0v) is 22.3. The van der Waals surface area contributed by atoms with Crippen molar-refractivity contribution >= 4 is 12.4 Å². The molecule has 6 nitrogen and oxygen atoms in total. The second-order valence-electron chi connectivity index (χ2n) is 8.65. The summed E-state index contributed by atoms with van der Waals surface area (Å²) in [6, 6.07) is 14.5. The molecule has 0 amide bonds. The van der Waals surface area contributed by atoms with Gasteiger partial charge in [0.15, 0.2) is 23.0 Å². The molecule has 0 radical (unpaired) electrons.